The maximum atomic E-state index is 7.11. The summed E-state index contributed by atoms with van der Waals surface area (Å²) in [5.41, 5.74) is 14.6. The fraction of sp³-hybridized carbons (Fsp3) is 0.200. The zero-order valence-corrected chi connectivity index (χ0v) is 50.1. The van der Waals surface area contributed by atoms with Gasteiger partial charge in [0.2, 0.25) is 0 Å². The monoisotopic (exact) mass is 1090 g/mol. The molecule has 6 heteroatoms. The highest BCUT2D eigenvalue weighted by atomic mass is 32.2. The highest BCUT2D eigenvalue weighted by Gasteiger charge is 2.59. The zero-order valence-electron chi connectivity index (χ0n) is 48.3. The maximum Gasteiger partial charge on any atom is 0.159 e. The molecule has 4 nitrogen and oxygen atoms in total. The lowest BCUT2D eigenvalue weighted by Crippen LogP contribution is -2.50. The molecule has 400 valence electrons. The Morgan fingerprint density at radius 1 is 0.420 bits per heavy atom. The number of para-hydroxylation sites is 6. The van der Waals surface area contributed by atoms with Crippen LogP contribution in [0.25, 0.3) is 87.3 Å². The van der Waals surface area contributed by atoms with Gasteiger partial charge in [0.25, 0.3) is 0 Å². The second-order valence-electron chi connectivity index (χ2n) is 25.8. The van der Waals surface area contributed by atoms with Crippen LogP contribution in [0, 0.1) is 10.8 Å². The van der Waals surface area contributed by atoms with Gasteiger partial charge in [0.1, 0.15) is 11.2 Å². The Balaban J connectivity index is 0.995. The third kappa shape index (κ3) is 7.77. The number of furan rings is 2. The summed E-state index contributed by atoms with van der Waals surface area (Å²) in [7, 11) is -1.73. The normalized spacial score (nSPS) is 13.6. The van der Waals surface area contributed by atoms with Gasteiger partial charge < -0.3 is 18.6 Å². The van der Waals surface area contributed by atoms with Crippen LogP contribution in [0.2, 0.25) is 19.6 Å². The molecule has 2 heterocycles. The van der Waals surface area contributed by atoms with Crippen LogP contribution in [-0.2, 0) is 5.41 Å². The van der Waals surface area contributed by atoms with Crippen molar-refractivity contribution in [1.29, 1.82) is 0 Å². The molecule has 0 amide bonds. The summed E-state index contributed by atoms with van der Waals surface area (Å²) in [6.07, 6.45) is 0. The number of rotatable bonds is 9. The molecule has 11 aromatic carbocycles. The quantitative estimate of drug-likeness (QED) is 0.0817. The number of thioether (sulfide) groups is 1. The number of anilines is 6. The van der Waals surface area contributed by atoms with Gasteiger partial charge in [-0.25, -0.2) is 0 Å². The van der Waals surface area contributed by atoms with Crippen LogP contribution in [0.1, 0.15) is 66.5 Å². The molecule has 0 saturated carbocycles. The molecule has 0 bridgehead atoms. The Hall–Kier alpha value is -8.03. The molecule has 13 aromatic rings. The van der Waals surface area contributed by atoms with Gasteiger partial charge in [0.05, 0.1) is 24.3 Å². The molecule has 0 saturated heterocycles. The minimum absolute atomic E-state index is 0.230. The maximum absolute atomic E-state index is 7.11. The molecule has 0 spiro atoms. The first-order valence-electron chi connectivity index (χ1n) is 28.8. The molecular weight excluding hydrogens is 1020 g/mol. The van der Waals surface area contributed by atoms with Crippen LogP contribution in [0.4, 0.5) is 34.1 Å². The summed E-state index contributed by atoms with van der Waals surface area (Å²) in [4.78, 5) is 5.97. The summed E-state index contributed by atoms with van der Waals surface area (Å²) < 4.78 is 14.2. The lowest BCUT2D eigenvalue weighted by Gasteiger charge is -2.53. The van der Waals surface area contributed by atoms with E-state index >= 15 is 0 Å². The van der Waals surface area contributed by atoms with Crippen molar-refractivity contribution < 1.29 is 8.83 Å². The third-order valence-corrected chi connectivity index (χ3v) is 20.5. The number of nitrogens with zero attached hydrogens (tertiary/aromatic N) is 2. The molecule has 0 N–H and O–H groups in total. The summed E-state index contributed by atoms with van der Waals surface area (Å²) in [6.45, 7) is 26.5. The van der Waals surface area contributed by atoms with E-state index in [4.69, 9.17) is 8.83 Å². The van der Waals surface area contributed by atoms with Crippen molar-refractivity contribution in [2.75, 3.05) is 9.80 Å². The number of fused-ring (bicyclic) bond motifs is 15. The van der Waals surface area contributed by atoms with Crippen LogP contribution in [-0.4, -0.2) is 13.3 Å². The van der Waals surface area contributed by atoms with E-state index in [-0.39, 0.29) is 10.8 Å². The second-order valence-corrected chi connectivity index (χ2v) is 32.4. The van der Waals surface area contributed by atoms with Crippen LogP contribution in [0.3, 0.4) is 0 Å². The molecule has 1 aliphatic carbocycles. The van der Waals surface area contributed by atoms with Gasteiger partial charge >= 0.3 is 0 Å². The highest BCUT2D eigenvalue weighted by Crippen LogP contribution is 2.68. The van der Waals surface area contributed by atoms with Crippen LogP contribution in [0.15, 0.2) is 220 Å². The minimum Gasteiger partial charge on any atom is -0.454 e. The Bertz CT molecular complexity index is 4650. The lowest BCUT2D eigenvalue weighted by molar-refractivity contribution is 0.0965. The number of hydrogen-bond donors (Lipinski definition) is 0. The Morgan fingerprint density at radius 3 is 1.52 bits per heavy atom. The van der Waals surface area contributed by atoms with Gasteiger partial charge in [-0.05, 0) is 149 Å². The molecule has 0 radical (unpaired) electrons. The summed E-state index contributed by atoms with van der Waals surface area (Å²) in [6, 6.07) is 76.7. The summed E-state index contributed by atoms with van der Waals surface area (Å²) in [5.74, 6) is 0. The smallest absolute Gasteiger partial charge is 0.159 e. The van der Waals surface area contributed by atoms with Gasteiger partial charge in [0, 0.05) is 55.0 Å². The van der Waals surface area contributed by atoms with Crippen molar-refractivity contribution in [2.24, 2.45) is 10.8 Å². The highest BCUT2D eigenvalue weighted by molar-refractivity contribution is 8.00. The fourth-order valence-corrected chi connectivity index (χ4v) is 17.0. The van der Waals surface area contributed by atoms with E-state index in [2.05, 4.69) is 291 Å². The van der Waals surface area contributed by atoms with Crippen LogP contribution in [0.5, 0.6) is 0 Å². The van der Waals surface area contributed by atoms with E-state index in [1.807, 2.05) is 11.8 Å². The van der Waals surface area contributed by atoms with Crippen molar-refractivity contribution in [1.82, 2.24) is 0 Å². The first-order chi connectivity index (χ1) is 38.9. The van der Waals surface area contributed by atoms with Gasteiger partial charge in [-0.15, -0.1) is 11.8 Å². The Morgan fingerprint density at radius 2 is 0.926 bits per heavy atom. The largest absolute Gasteiger partial charge is 0.454 e. The van der Waals surface area contributed by atoms with Crippen molar-refractivity contribution in [3.63, 3.8) is 0 Å². The van der Waals surface area contributed by atoms with Crippen molar-refractivity contribution >= 4 is 135 Å². The number of hydrogen-bond acceptors (Lipinski definition) is 5. The Kier molecular flexibility index (Phi) is 11.7. The predicted molar refractivity (Wildman–Crippen MR) is 352 cm³/mol. The van der Waals surface area contributed by atoms with Gasteiger partial charge in [-0.3, -0.25) is 0 Å². The van der Waals surface area contributed by atoms with Crippen molar-refractivity contribution in [2.45, 2.75) is 90.6 Å². The molecule has 81 heavy (non-hydrogen) atoms. The fourth-order valence-electron chi connectivity index (χ4n) is 14.6. The first-order valence-corrected chi connectivity index (χ1v) is 33.1. The molecular formula is C75H68N2O2SSi. The van der Waals surface area contributed by atoms with E-state index in [0.717, 1.165) is 72.6 Å². The molecule has 0 aliphatic heterocycles. The molecule has 2 aromatic heterocycles. The number of benzene rings is 11. The van der Waals surface area contributed by atoms with Crippen molar-refractivity contribution in [3.05, 3.63) is 217 Å². The third-order valence-electron chi connectivity index (χ3n) is 17.4. The van der Waals surface area contributed by atoms with Crippen LogP contribution < -0.4 is 15.0 Å². The van der Waals surface area contributed by atoms with Gasteiger partial charge in [-0.2, -0.15) is 0 Å². The van der Waals surface area contributed by atoms with E-state index < -0.39 is 13.5 Å². The summed E-state index contributed by atoms with van der Waals surface area (Å²) in [5, 5.41) is 13.8. The average molecular weight is 1090 g/mol. The zero-order chi connectivity index (χ0) is 55.9. The minimum atomic E-state index is -1.73. The van der Waals surface area contributed by atoms with Gasteiger partial charge in [-0.1, -0.05) is 202 Å². The van der Waals surface area contributed by atoms with E-state index in [1.165, 1.54) is 70.0 Å². The molecule has 0 unspecified atom stereocenters. The predicted octanol–water partition coefficient (Wildman–Crippen LogP) is 22.3. The summed E-state index contributed by atoms with van der Waals surface area (Å²) >= 11 is 1.85. The topological polar surface area (TPSA) is 32.8 Å². The molecule has 0 atom stereocenters. The molecule has 1 aliphatic rings. The first kappa shape index (κ1) is 51.1. The standard InChI is InChI=1S/C75H68N2O2SSi/c1-46(2)80-65-36-22-32-58-56-30-20-34-63(69(56)78-71(58)65)77(50-26-16-13-17-27-50)52-40-41-55-60(45-52)53-28-18-19-29-54(53)67-61-43-47-38-39-51(42-48(47)44-62(61)75(68(55)67,73(3,4)5)74(6,7)8)76(49-24-14-12-15-25-49)64-35-21-31-57-59-33-23-37-66(81(9,10)11)72(59)79-70(57)64/h12-46H,1-11H3. The SMILES string of the molecule is CC(C)Sc1cccc2c1oc1c(N(c3ccccc3)c3ccc4c5c(c6ccccc6c4c3)-c3cc4ccc(N(c6ccccc6)c6cccc7c6oc6c([Si](C)(C)C)cccc67)cc4cc3C5(C(C)(C)C)C(C)(C)C)cccc12. The Labute approximate surface area is 481 Å². The second kappa shape index (κ2) is 18.5. The molecule has 14 rings (SSSR count). The average Bonchev–Trinajstić information content (AvgIpc) is 1.74. The van der Waals surface area contributed by atoms with Crippen molar-refractivity contribution in [3.8, 4) is 11.1 Å². The molecule has 0 fully saturated rings. The lowest BCUT2D eigenvalue weighted by atomic mass is 9.49. The van der Waals surface area contributed by atoms with Crippen LogP contribution >= 0.6 is 11.8 Å². The van der Waals surface area contributed by atoms with E-state index in [9.17, 15) is 0 Å². The van der Waals surface area contributed by atoms with Gasteiger partial charge in [0.15, 0.2) is 11.2 Å². The van der Waals surface area contributed by atoms with E-state index in [0.29, 0.717) is 5.25 Å². The van der Waals surface area contributed by atoms with E-state index in [1.54, 1.807) is 0 Å².